The van der Waals surface area contributed by atoms with E-state index in [0.717, 1.165) is 0 Å². The zero-order valence-corrected chi connectivity index (χ0v) is 13.4. The molecule has 0 amide bonds. The van der Waals surface area contributed by atoms with Crippen LogP contribution in [0.1, 0.15) is 5.56 Å². The van der Waals surface area contributed by atoms with E-state index in [4.69, 9.17) is 5.73 Å². The SMILES string of the molecule is N#Cc1c(-c2cccc(OC(F)F)c2)cc(-c2ccc(O)cc2)nc1N. The van der Waals surface area contributed by atoms with E-state index < -0.39 is 6.61 Å². The van der Waals surface area contributed by atoms with Crippen LogP contribution in [0.15, 0.2) is 54.6 Å². The number of hydrogen-bond donors (Lipinski definition) is 2. The van der Waals surface area contributed by atoms with Crippen molar-refractivity contribution in [1.82, 2.24) is 4.98 Å². The molecule has 0 spiro atoms. The first kappa shape index (κ1) is 17.2. The number of benzene rings is 2. The molecule has 0 fully saturated rings. The van der Waals surface area contributed by atoms with Crippen LogP contribution in [-0.4, -0.2) is 16.7 Å². The molecule has 0 aliphatic carbocycles. The van der Waals surface area contributed by atoms with Gasteiger partial charge in [0, 0.05) is 11.1 Å². The molecule has 130 valence electrons. The summed E-state index contributed by atoms with van der Waals surface area (Å²) in [5.74, 6) is 0.101. The number of anilines is 1. The molecule has 0 aliphatic heterocycles. The highest BCUT2D eigenvalue weighted by Crippen LogP contribution is 2.33. The number of phenols is 1. The van der Waals surface area contributed by atoms with Crippen LogP contribution in [0.2, 0.25) is 0 Å². The van der Waals surface area contributed by atoms with Crippen molar-refractivity contribution in [2.24, 2.45) is 0 Å². The summed E-state index contributed by atoms with van der Waals surface area (Å²) < 4.78 is 29.3. The first-order valence-electron chi connectivity index (χ1n) is 7.53. The maximum absolute atomic E-state index is 12.5. The van der Waals surface area contributed by atoms with Gasteiger partial charge >= 0.3 is 6.61 Å². The van der Waals surface area contributed by atoms with Crippen molar-refractivity contribution in [2.75, 3.05) is 5.73 Å². The zero-order valence-electron chi connectivity index (χ0n) is 13.4. The highest BCUT2D eigenvalue weighted by atomic mass is 19.3. The third-order valence-electron chi connectivity index (χ3n) is 3.69. The fourth-order valence-electron chi connectivity index (χ4n) is 2.53. The molecule has 3 rings (SSSR count). The fraction of sp³-hybridized carbons (Fsp3) is 0.0526. The standard InChI is InChI=1S/C19H13F2N3O2/c20-19(21)26-14-3-1-2-12(8-14)15-9-17(24-18(23)16(15)10-22)11-4-6-13(25)7-5-11/h1-9,19,25H,(H2,23,24). The van der Waals surface area contributed by atoms with E-state index in [9.17, 15) is 19.1 Å². The zero-order chi connectivity index (χ0) is 18.7. The molecule has 0 radical (unpaired) electrons. The molecule has 0 aliphatic rings. The minimum atomic E-state index is -2.95. The van der Waals surface area contributed by atoms with Crippen LogP contribution >= 0.6 is 0 Å². The molecule has 0 atom stereocenters. The van der Waals surface area contributed by atoms with E-state index in [1.807, 2.05) is 6.07 Å². The largest absolute Gasteiger partial charge is 0.508 e. The highest BCUT2D eigenvalue weighted by molar-refractivity contribution is 5.80. The molecule has 0 saturated heterocycles. The maximum Gasteiger partial charge on any atom is 0.387 e. The van der Waals surface area contributed by atoms with Gasteiger partial charge in [-0.3, -0.25) is 0 Å². The lowest BCUT2D eigenvalue weighted by Gasteiger charge is -2.12. The molecule has 5 nitrogen and oxygen atoms in total. The minimum absolute atomic E-state index is 0.0215. The summed E-state index contributed by atoms with van der Waals surface area (Å²) in [7, 11) is 0. The van der Waals surface area contributed by atoms with Crippen LogP contribution in [0, 0.1) is 11.3 Å². The molecule has 0 unspecified atom stereocenters. The fourth-order valence-corrected chi connectivity index (χ4v) is 2.53. The van der Waals surface area contributed by atoms with Gasteiger partial charge in [-0.15, -0.1) is 0 Å². The molecule has 3 aromatic rings. The summed E-state index contributed by atoms with van der Waals surface area (Å²) in [4.78, 5) is 4.22. The predicted molar refractivity (Wildman–Crippen MR) is 92.5 cm³/mol. The lowest BCUT2D eigenvalue weighted by Crippen LogP contribution is -2.02. The van der Waals surface area contributed by atoms with Gasteiger partial charge in [-0.05, 0) is 48.0 Å². The summed E-state index contributed by atoms with van der Waals surface area (Å²) in [6.45, 7) is -2.95. The molecule has 7 heteroatoms. The molecular formula is C19H13F2N3O2. The Hall–Kier alpha value is -3.66. The second kappa shape index (κ2) is 7.07. The molecular weight excluding hydrogens is 340 g/mol. The Bertz CT molecular complexity index is 983. The number of phenolic OH excluding ortho intramolecular Hbond substituents is 1. The monoisotopic (exact) mass is 353 g/mol. The van der Waals surface area contributed by atoms with Gasteiger partial charge < -0.3 is 15.6 Å². The van der Waals surface area contributed by atoms with Crippen LogP contribution < -0.4 is 10.5 Å². The highest BCUT2D eigenvalue weighted by Gasteiger charge is 2.15. The smallest absolute Gasteiger partial charge is 0.387 e. The van der Waals surface area contributed by atoms with Crippen LogP contribution in [0.4, 0.5) is 14.6 Å². The van der Waals surface area contributed by atoms with E-state index >= 15 is 0 Å². The van der Waals surface area contributed by atoms with Crippen molar-refractivity contribution in [3.63, 3.8) is 0 Å². The molecule has 26 heavy (non-hydrogen) atoms. The lowest BCUT2D eigenvalue weighted by atomic mass is 9.98. The Morgan fingerprint density at radius 3 is 2.46 bits per heavy atom. The van der Waals surface area contributed by atoms with Gasteiger partial charge in [0.05, 0.1) is 5.69 Å². The minimum Gasteiger partial charge on any atom is -0.508 e. The van der Waals surface area contributed by atoms with Crippen molar-refractivity contribution in [1.29, 1.82) is 5.26 Å². The van der Waals surface area contributed by atoms with Crippen molar-refractivity contribution >= 4 is 5.82 Å². The van der Waals surface area contributed by atoms with Crippen molar-refractivity contribution in [2.45, 2.75) is 6.61 Å². The van der Waals surface area contributed by atoms with Crippen molar-refractivity contribution in [3.05, 3.63) is 60.2 Å². The third-order valence-corrected chi connectivity index (χ3v) is 3.69. The summed E-state index contributed by atoms with van der Waals surface area (Å²) in [6, 6.07) is 16.0. The number of rotatable bonds is 4. The molecule has 0 saturated carbocycles. The van der Waals surface area contributed by atoms with Crippen LogP contribution in [0.25, 0.3) is 22.4 Å². The second-order valence-electron chi connectivity index (χ2n) is 5.38. The Labute approximate surface area is 147 Å². The van der Waals surface area contributed by atoms with Gasteiger partial charge in [-0.1, -0.05) is 12.1 Å². The van der Waals surface area contributed by atoms with Gasteiger partial charge in [0.2, 0.25) is 0 Å². The number of nitriles is 1. The average molecular weight is 353 g/mol. The predicted octanol–water partition coefficient (Wildman–Crippen LogP) is 4.18. The topological polar surface area (TPSA) is 92.2 Å². The molecule has 1 heterocycles. The molecule has 0 bridgehead atoms. The van der Waals surface area contributed by atoms with Gasteiger partial charge in [-0.2, -0.15) is 14.0 Å². The number of alkyl halides is 2. The first-order valence-corrected chi connectivity index (χ1v) is 7.53. The number of aromatic hydroxyl groups is 1. The van der Waals surface area contributed by atoms with E-state index in [1.54, 1.807) is 30.3 Å². The summed E-state index contributed by atoms with van der Waals surface area (Å²) in [5.41, 5.74) is 8.17. The van der Waals surface area contributed by atoms with Crippen molar-refractivity contribution in [3.8, 4) is 40.0 Å². The number of nitrogens with two attached hydrogens (primary N) is 1. The summed E-state index contributed by atoms with van der Waals surface area (Å²) in [5, 5.41) is 18.8. The maximum atomic E-state index is 12.5. The van der Waals surface area contributed by atoms with Crippen LogP contribution in [-0.2, 0) is 0 Å². The normalized spacial score (nSPS) is 10.5. The summed E-state index contributed by atoms with van der Waals surface area (Å²) >= 11 is 0. The van der Waals surface area contributed by atoms with Gasteiger partial charge in [0.15, 0.2) is 0 Å². The average Bonchev–Trinajstić information content (AvgIpc) is 2.61. The Morgan fingerprint density at radius 1 is 1.08 bits per heavy atom. The molecule has 2 aromatic carbocycles. The Kier molecular flexibility index (Phi) is 4.67. The lowest BCUT2D eigenvalue weighted by molar-refractivity contribution is -0.0498. The number of pyridine rings is 1. The van der Waals surface area contributed by atoms with E-state index in [2.05, 4.69) is 9.72 Å². The van der Waals surface area contributed by atoms with Crippen LogP contribution in [0.5, 0.6) is 11.5 Å². The van der Waals surface area contributed by atoms with Crippen molar-refractivity contribution < 1.29 is 18.6 Å². The molecule has 3 N–H and O–H groups in total. The van der Waals surface area contributed by atoms with E-state index in [0.29, 0.717) is 22.4 Å². The number of aromatic nitrogens is 1. The van der Waals surface area contributed by atoms with Gasteiger partial charge in [-0.25, -0.2) is 4.98 Å². The third kappa shape index (κ3) is 3.54. The van der Waals surface area contributed by atoms with E-state index in [-0.39, 0.29) is 22.9 Å². The van der Waals surface area contributed by atoms with Gasteiger partial charge in [0.1, 0.15) is 28.9 Å². The Balaban J connectivity index is 2.14. The number of nitrogen functional groups attached to an aromatic ring is 1. The number of halogens is 2. The van der Waals surface area contributed by atoms with Crippen LogP contribution in [0.3, 0.4) is 0 Å². The number of nitrogens with zero attached hydrogens (tertiary/aromatic N) is 2. The summed E-state index contributed by atoms with van der Waals surface area (Å²) in [6.07, 6.45) is 0. The first-order chi connectivity index (χ1) is 12.5. The molecule has 1 aromatic heterocycles. The Morgan fingerprint density at radius 2 is 1.81 bits per heavy atom. The number of ether oxygens (including phenoxy) is 1. The second-order valence-corrected chi connectivity index (χ2v) is 5.38. The van der Waals surface area contributed by atoms with Gasteiger partial charge in [0.25, 0.3) is 0 Å². The van der Waals surface area contributed by atoms with E-state index in [1.165, 1.54) is 24.3 Å². The quantitative estimate of drug-likeness (QED) is 0.734. The number of hydrogen-bond acceptors (Lipinski definition) is 5.